The fraction of sp³-hybridized carbons (Fsp3) is 0.733. The highest BCUT2D eigenvalue weighted by Crippen LogP contribution is 2.28. The molecule has 2 atom stereocenters. The summed E-state index contributed by atoms with van der Waals surface area (Å²) in [6.45, 7) is 10.2. The molecule has 1 saturated heterocycles. The van der Waals surface area contributed by atoms with Crippen LogP contribution in [-0.2, 0) is 16.8 Å². The third kappa shape index (κ3) is 3.38. The van der Waals surface area contributed by atoms with Gasteiger partial charge in [0.05, 0.1) is 16.6 Å². The highest BCUT2D eigenvalue weighted by atomic mass is 32.1. The molecule has 20 heavy (non-hydrogen) atoms. The number of aliphatic carboxylic acids is 1. The molecular formula is C15H24N2O2S. The first kappa shape index (κ1) is 15.4. The van der Waals surface area contributed by atoms with Crippen molar-refractivity contribution in [2.24, 2.45) is 5.92 Å². The first-order valence-corrected chi connectivity index (χ1v) is 8.08. The van der Waals surface area contributed by atoms with Crippen LogP contribution in [0.1, 0.15) is 51.2 Å². The molecule has 0 radical (unpaired) electrons. The Labute approximate surface area is 124 Å². The molecule has 0 bridgehead atoms. The molecule has 2 heterocycles. The number of rotatable bonds is 3. The molecule has 0 spiro atoms. The summed E-state index contributed by atoms with van der Waals surface area (Å²) in [6.07, 6.45) is 1.74. The molecule has 1 N–H and O–H groups in total. The number of nitrogens with zero attached hydrogens (tertiary/aromatic N) is 2. The molecule has 1 aliphatic rings. The summed E-state index contributed by atoms with van der Waals surface area (Å²) >= 11 is 1.70. The topological polar surface area (TPSA) is 53.4 Å². The van der Waals surface area contributed by atoms with E-state index in [1.54, 1.807) is 11.3 Å². The molecule has 0 amide bonds. The van der Waals surface area contributed by atoms with Gasteiger partial charge in [-0.3, -0.25) is 9.69 Å². The summed E-state index contributed by atoms with van der Waals surface area (Å²) in [5.74, 6) is -0.916. The summed E-state index contributed by atoms with van der Waals surface area (Å²) in [6, 6.07) is 0.0843. The van der Waals surface area contributed by atoms with Crippen molar-refractivity contribution < 1.29 is 9.90 Å². The zero-order valence-electron chi connectivity index (χ0n) is 12.7. The van der Waals surface area contributed by atoms with E-state index in [1.807, 2.05) is 6.92 Å². The molecule has 1 aromatic rings. The van der Waals surface area contributed by atoms with Gasteiger partial charge in [0.15, 0.2) is 0 Å². The monoisotopic (exact) mass is 296 g/mol. The van der Waals surface area contributed by atoms with Gasteiger partial charge in [0, 0.05) is 23.4 Å². The minimum Gasteiger partial charge on any atom is -0.481 e. The average molecular weight is 296 g/mol. The van der Waals surface area contributed by atoms with Gasteiger partial charge in [-0.05, 0) is 26.3 Å². The van der Waals surface area contributed by atoms with Crippen LogP contribution in [0.15, 0.2) is 5.38 Å². The minimum absolute atomic E-state index is 0.0834. The van der Waals surface area contributed by atoms with Gasteiger partial charge in [0.1, 0.15) is 0 Å². The van der Waals surface area contributed by atoms with Gasteiger partial charge < -0.3 is 5.11 Å². The number of hydrogen-bond donors (Lipinski definition) is 1. The van der Waals surface area contributed by atoms with Crippen LogP contribution in [0.25, 0.3) is 0 Å². The second-order valence-electron chi connectivity index (χ2n) is 6.69. The Morgan fingerprint density at radius 3 is 2.80 bits per heavy atom. The van der Waals surface area contributed by atoms with Crippen molar-refractivity contribution in [3.05, 3.63) is 16.1 Å². The standard InChI is InChI=1S/C15H24N2O2S/c1-10-12(13(18)19)6-5-7-17(10)8-11-9-20-14(16-11)15(2,3)4/h9-10,12H,5-8H2,1-4H3,(H,18,19)/t10-,12-/m1/s1. The van der Waals surface area contributed by atoms with E-state index >= 15 is 0 Å². The maximum absolute atomic E-state index is 11.3. The number of aromatic nitrogens is 1. The molecule has 4 nitrogen and oxygen atoms in total. The molecule has 1 fully saturated rings. The number of carboxylic acids is 1. The molecule has 1 aromatic heterocycles. The van der Waals surface area contributed by atoms with Crippen LogP contribution >= 0.6 is 11.3 Å². The fourth-order valence-corrected chi connectivity index (χ4v) is 3.60. The van der Waals surface area contributed by atoms with E-state index in [4.69, 9.17) is 4.98 Å². The van der Waals surface area contributed by atoms with Crippen LogP contribution in [-0.4, -0.2) is 33.5 Å². The van der Waals surface area contributed by atoms with Gasteiger partial charge in [0.25, 0.3) is 0 Å². The van der Waals surface area contributed by atoms with Gasteiger partial charge in [-0.15, -0.1) is 11.3 Å². The Morgan fingerprint density at radius 1 is 1.55 bits per heavy atom. The minimum atomic E-state index is -0.671. The largest absolute Gasteiger partial charge is 0.481 e. The van der Waals surface area contributed by atoms with Crippen LogP contribution < -0.4 is 0 Å². The lowest BCUT2D eigenvalue weighted by molar-refractivity contribution is -0.145. The van der Waals surface area contributed by atoms with Crippen molar-refractivity contribution >= 4 is 17.3 Å². The molecule has 112 valence electrons. The SMILES string of the molecule is C[C@@H]1[C@H](C(=O)O)CCCN1Cc1csc(C(C)(C)C)n1. The van der Waals surface area contributed by atoms with E-state index in [1.165, 1.54) is 0 Å². The lowest BCUT2D eigenvalue weighted by atomic mass is 9.90. The van der Waals surface area contributed by atoms with E-state index < -0.39 is 5.97 Å². The Balaban J connectivity index is 2.06. The molecule has 0 unspecified atom stereocenters. The maximum Gasteiger partial charge on any atom is 0.308 e. The second kappa shape index (κ2) is 5.82. The van der Waals surface area contributed by atoms with Gasteiger partial charge in [-0.25, -0.2) is 4.98 Å². The number of thiazole rings is 1. The van der Waals surface area contributed by atoms with Gasteiger partial charge in [-0.1, -0.05) is 20.8 Å². The summed E-state index contributed by atoms with van der Waals surface area (Å²) in [4.78, 5) is 18.2. The fourth-order valence-electron chi connectivity index (χ4n) is 2.70. The van der Waals surface area contributed by atoms with Crippen LogP contribution in [0.3, 0.4) is 0 Å². The predicted octanol–water partition coefficient (Wildman–Crippen LogP) is 3.13. The van der Waals surface area contributed by atoms with E-state index in [2.05, 4.69) is 31.1 Å². The summed E-state index contributed by atoms with van der Waals surface area (Å²) in [5, 5.41) is 12.5. The Kier molecular flexibility index (Phi) is 4.49. The van der Waals surface area contributed by atoms with Gasteiger partial charge in [0.2, 0.25) is 0 Å². The predicted molar refractivity (Wildman–Crippen MR) is 81.0 cm³/mol. The quantitative estimate of drug-likeness (QED) is 0.931. The van der Waals surface area contributed by atoms with Crippen molar-refractivity contribution in [1.82, 2.24) is 9.88 Å². The maximum atomic E-state index is 11.3. The molecule has 0 aromatic carbocycles. The van der Waals surface area contributed by atoms with Crippen molar-refractivity contribution in [2.45, 2.75) is 58.5 Å². The van der Waals surface area contributed by atoms with Crippen molar-refractivity contribution in [3.8, 4) is 0 Å². The van der Waals surface area contributed by atoms with Crippen molar-refractivity contribution in [1.29, 1.82) is 0 Å². The summed E-state index contributed by atoms with van der Waals surface area (Å²) in [7, 11) is 0. The molecule has 0 aliphatic carbocycles. The summed E-state index contributed by atoms with van der Waals surface area (Å²) in [5.41, 5.74) is 1.15. The third-order valence-corrected chi connectivity index (χ3v) is 5.31. The van der Waals surface area contributed by atoms with Crippen LogP contribution in [0.2, 0.25) is 0 Å². The average Bonchev–Trinajstić information content (AvgIpc) is 2.80. The normalized spacial score (nSPS) is 24.8. The Morgan fingerprint density at radius 2 is 2.25 bits per heavy atom. The highest BCUT2D eigenvalue weighted by molar-refractivity contribution is 7.09. The van der Waals surface area contributed by atoms with Crippen LogP contribution in [0, 0.1) is 5.92 Å². The van der Waals surface area contributed by atoms with E-state index in [9.17, 15) is 9.90 Å². The third-order valence-electron chi connectivity index (χ3n) is 3.99. The van der Waals surface area contributed by atoms with Crippen molar-refractivity contribution in [2.75, 3.05) is 6.54 Å². The molecular weight excluding hydrogens is 272 g/mol. The lowest BCUT2D eigenvalue weighted by Crippen LogP contribution is -2.45. The second-order valence-corrected chi connectivity index (χ2v) is 7.55. The smallest absolute Gasteiger partial charge is 0.308 e. The van der Waals surface area contributed by atoms with Gasteiger partial charge in [-0.2, -0.15) is 0 Å². The van der Waals surface area contributed by atoms with E-state index in [0.717, 1.165) is 36.6 Å². The lowest BCUT2D eigenvalue weighted by Gasteiger charge is -2.37. The number of likely N-dealkylation sites (tertiary alicyclic amines) is 1. The zero-order valence-corrected chi connectivity index (χ0v) is 13.5. The molecule has 1 aliphatic heterocycles. The van der Waals surface area contributed by atoms with Crippen LogP contribution in [0.5, 0.6) is 0 Å². The van der Waals surface area contributed by atoms with E-state index in [-0.39, 0.29) is 17.4 Å². The summed E-state index contributed by atoms with van der Waals surface area (Å²) < 4.78 is 0. The number of carboxylic acid groups (broad SMARTS) is 1. The van der Waals surface area contributed by atoms with Gasteiger partial charge >= 0.3 is 5.97 Å². The zero-order chi connectivity index (χ0) is 14.9. The Bertz CT molecular complexity index is 478. The first-order valence-electron chi connectivity index (χ1n) is 7.21. The molecule has 0 saturated carbocycles. The molecule has 2 rings (SSSR count). The van der Waals surface area contributed by atoms with Crippen LogP contribution in [0.4, 0.5) is 0 Å². The van der Waals surface area contributed by atoms with E-state index in [0.29, 0.717) is 0 Å². The number of hydrogen-bond acceptors (Lipinski definition) is 4. The van der Waals surface area contributed by atoms with Crippen molar-refractivity contribution in [3.63, 3.8) is 0 Å². The molecule has 5 heteroatoms. The Hall–Kier alpha value is -0.940. The highest BCUT2D eigenvalue weighted by Gasteiger charge is 2.33. The first-order chi connectivity index (χ1) is 9.29. The number of piperidine rings is 1. The number of carbonyl (C=O) groups is 1.